The number of aryl methyl sites for hydroxylation is 1. The van der Waals surface area contributed by atoms with Crippen LogP contribution in [-0.4, -0.2) is 26.7 Å². The maximum Gasteiger partial charge on any atom is 0.234 e. The van der Waals surface area contributed by atoms with Crippen molar-refractivity contribution >= 4 is 11.9 Å². The molecule has 0 radical (unpaired) electrons. The van der Waals surface area contributed by atoms with Crippen molar-refractivity contribution in [1.82, 2.24) is 14.8 Å². The Morgan fingerprint density at radius 3 is 2.59 bits per heavy atom. The van der Waals surface area contributed by atoms with E-state index in [4.69, 9.17) is 10.1 Å². The number of carbonyl (C=O) groups excluding carboxylic acids is 1. The number of fused-ring (bicyclic) bond motifs is 4. The van der Waals surface area contributed by atoms with Gasteiger partial charge in [-0.25, -0.2) is 4.68 Å². The molecule has 1 aromatic carbocycles. The van der Waals surface area contributed by atoms with Crippen LogP contribution in [-0.2, 0) is 23.2 Å². The second kappa shape index (κ2) is 7.58. The molecule has 0 bridgehead atoms. The molecule has 2 heterocycles. The Morgan fingerprint density at radius 2 is 1.83 bits per heavy atom. The number of carbonyl (C=O) groups is 1. The van der Waals surface area contributed by atoms with Crippen LogP contribution in [0.15, 0.2) is 30.3 Å². The maximum atomic E-state index is 13.6. The smallest absolute Gasteiger partial charge is 0.234 e. The van der Waals surface area contributed by atoms with Gasteiger partial charge in [0.2, 0.25) is 11.9 Å². The lowest BCUT2D eigenvalue weighted by Gasteiger charge is -2.55. The first kappa shape index (κ1) is 18.8. The molecule has 2 atom stereocenters. The third-order valence-corrected chi connectivity index (χ3v) is 7.53. The fraction of sp³-hybridized carbons (Fsp3) is 0.625. The monoisotopic (exact) mass is 392 g/mol. The van der Waals surface area contributed by atoms with E-state index in [2.05, 4.69) is 16.5 Å². The molecule has 2 aliphatic carbocycles. The maximum absolute atomic E-state index is 13.6. The Balaban J connectivity index is 1.59. The van der Waals surface area contributed by atoms with Crippen LogP contribution in [0.3, 0.4) is 0 Å². The summed E-state index contributed by atoms with van der Waals surface area (Å²) < 4.78 is 2.22. The van der Waals surface area contributed by atoms with Gasteiger partial charge in [0.15, 0.2) is 5.82 Å². The highest BCUT2D eigenvalue weighted by atomic mass is 16.2. The number of nitrogens with zero attached hydrogens (tertiary/aromatic N) is 4. The number of hydrogen-bond donors (Lipinski definition) is 0. The number of anilines is 1. The van der Waals surface area contributed by atoms with Crippen LogP contribution in [0.25, 0.3) is 0 Å². The van der Waals surface area contributed by atoms with E-state index < -0.39 is 0 Å². The first-order chi connectivity index (χ1) is 14.2. The lowest BCUT2D eigenvalue weighted by molar-refractivity contribution is -0.120. The second-order valence-electron chi connectivity index (χ2n) is 9.14. The highest BCUT2D eigenvalue weighted by Crippen LogP contribution is 2.52. The molecule has 5 heteroatoms. The van der Waals surface area contributed by atoms with Gasteiger partial charge in [0.05, 0.1) is 12.0 Å². The van der Waals surface area contributed by atoms with E-state index in [1.165, 1.54) is 51.4 Å². The number of rotatable bonds is 3. The summed E-state index contributed by atoms with van der Waals surface area (Å²) in [6, 6.07) is 10.4. The summed E-state index contributed by atoms with van der Waals surface area (Å²) in [4.78, 5) is 20.6. The number of benzene rings is 1. The van der Waals surface area contributed by atoms with Crippen LogP contribution >= 0.6 is 0 Å². The van der Waals surface area contributed by atoms with Crippen molar-refractivity contribution in [3.63, 3.8) is 0 Å². The van der Waals surface area contributed by atoms with E-state index in [1.807, 2.05) is 30.3 Å². The predicted molar refractivity (Wildman–Crippen MR) is 114 cm³/mol. The minimum absolute atomic E-state index is 0.0720. The van der Waals surface area contributed by atoms with E-state index in [-0.39, 0.29) is 17.5 Å². The van der Waals surface area contributed by atoms with E-state index >= 15 is 0 Å². The van der Waals surface area contributed by atoms with Crippen LogP contribution < -0.4 is 4.90 Å². The molecule has 0 N–H and O–H groups in total. The number of aromatic nitrogens is 3. The van der Waals surface area contributed by atoms with Crippen molar-refractivity contribution in [2.24, 2.45) is 5.92 Å². The van der Waals surface area contributed by atoms with Gasteiger partial charge in [0.25, 0.3) is 0 Å². The molecular weight excluding hydrogens is 360 g/mol. The fourth-order valence-electron chi connectivity index (χ4n) is 6.20. The zero-order valence-corrected chi connectivity index (χ0v) is 17.5. The summed E-state index contributed by atoms with van der Waals surface area (Å²) in [5, 5.41) is 4.99. The van der Waals surface area contributed by atoms with Crippen molar-refractivity contribution in [2.45, 2.75) is 89.1 Å². The van der Waals surface area contributed by atoms with Crippen molar-refractivity contribution < 1.29 is 4.79 Å². The van der Waals surface area contributed by atoms with E-state index in [1.54, 1.807) is 0 Å². The normalized spacial score (nSPS) is 25.5. The van der Waals surface area contributed by atoms with Gasteiger partial charge in [0.1, 0.15) is 0 Å². The lowest BCUT2D eigenvalue weighted by Crippen LogP contribution is -2.61. The summed E-state index contributed by atoms with van der Waals surface area (Å²) in [6.07, 6.45) is 12.3. The minimum atomic E-state index is 0.0720. The minimum Gasteiger partial charge on any atom is -0.277 e. The van der Waals surface area contributed by atoms with Crippen molar-refractivity contribution in [3.8, 4) is 0 Å². The molecule has 2 aromatic rings. The molecule has 2 saturated carbocycles. The van der Waals surface area contributed by atoms with E-state index in [0.717, 1.165) is 30.2 Å². The number of amides is 1. The molecule has 1 aliphatic heterocycles. The first-order valence-electron chi connectivity index (χ1n) is 11.6. The third kappa shape index (κ3) is 3.10. The van der Waals surface area contributed by atoms with Gasteiger partial charge in [-0.1, -0.05) is 69.4 Å². The molecule has 5 nitrogen and oxygen atoms in total. The molecular formula is C24H32N4O. The second-order valence-corrected chi connectivity index (χ2v) is 9.14. The molecule has 1 aromatic heterocycles. The van der Waals surface area contributed by atoms with Crippen molar-refractivity contribution in [3.05, 3.63) is 41.7 Å². The van der Waals surface area contributed by atoms with Gasteiger partial charge in [-0.2, -0.15) is 10.1 Å². The third-order valence-electron chi connectivity index (χ3n) is 7.53. The summed E-state index contributed by atoms with van der Waals surface area (Å²) >= 11 is 0. The van der Waals surface area contributed by atoms with E-state index in [0.29, 0.717) is 12.3 Å². The fourth-order valence-corrected chi connectivity index (χ4v) is 6.20. The Hall–Kier alpha value is -2.17. The first-order valence-corrected chi connectivity index (χ1v) is 11.6. The lowest BCUT2D eigenvalue weighted by atomic mass is 9.64. The quantitative estimate of drug-likeness (QED) is 0.764. The summed E-state index contributed by atoms with van der Waals surface area (Å²) in [5.74, 6) is 2.39. The molecule has 1 spiro atoms. The molecule has 0 unspecified atom stereocenters. The highest BCUT2D eigenvalue weighted by Gasteiger charge is 2.54. The SMILES string of the molecule is CCc1nc2n(n1)C1(CCCCC1)[C@@H]1CCCC[C@@H]1N2C(=O)Cc1ccccc1. The van der Waals surface area contributed by atoms with Crippen LogP contribution in [0.1, 0.15) is 76.1 Å². The standard InChI is InChI=1S/C24H32N4O/c1-2-21-25-23-27(22(29)17-18-11-5-3-6-12-18)20-14-8-7-13-19(20)24(28(23)26-21)15-9-4-10-16-24/h3,5-6,11-12,19-20H,2,4,7-10,13-17H2,1H3/t19-,20+/m1/s1. The van der Waals surface area contributed by atoms with Gasteiger partial charge in [-0.15, -0.1) is 0 Å². The van der Waals surface area contributed by atoms with Crippen LogP contribution in [0.5, 0.6) is 0 Å². The van der Waals surface area contributed by atoms with Gasteiger partial charge >= 0.3 is 0 Å². The van der Waals surface area contributed by atoms with E-state index in [9.17, 15) is 4.79 Å². The Morgan fingerprint density at radius 1 is 1.07 bits per heavy atom. The van der Waals surface area contributed by atoms with Crippen molar-refractivity contribution in [1.29, 1.82) is 0 Å². The molecule has 29 heavy (non-hydrogen) atoms. The molecule has 0 saturated heterocycles. The molecule has 154 valence electrons. The van der Waals surface area contributed by atoms with Crippen LogP contribution in [0.2, 0.25) is 0 Å². The van der Waals surface area contributed by atoms with Gasteiger partial charge in [-0.05, 0) is 31.2 Å². The summed E-state index contributed by atoms with van der Waals surface area (Å²) in [5.41, 5.74) is 1.15. The zero-order valence-electron chi connectivity index (χ0n) is 17.5. The van der Waals surface area contributed by atoms with Crippen molar-refractivity contribution in [2.75, 3.05) is 4.90 Å². The Labute approximate surface area is 173 Å². The Bertz CT molecular complexity index is 868. The van der Waals surface area contributed by atoms with Crippen LogP contribution in [0, 0.1) is 5.92 Å². The molecule has 1 amide bonds. The molecule has 3 aliphatic rings. The average molecular weight is 393 g/mol. The zero-order chi connectivity index (χ0) is 19.8. The summed E-state index contributed by atoms with van der Waals surface area (Å²) in [6.45, 7) is 2.11. The average Bonchev–Trinajstić information content (AvgIpc) is 3.20. The van der Waals surface area contributed by atoms with Gasteiger partial charge in [-0.3, -0.25) is 9.69 Å². The highest BCUT2D eigenvalue weighted by molar-refractivity contribution is 5.94. The van der Waals surface area contributed by atoms with Crippen LogP contribution in [0.4, 0.5) is 5.95 Å². The largest absolute Gasteiger partial charge is 0.277 e. The molecule has 2 fully saturated rings. The topological polar surface area (TPSA) is 51.0 Å². The molecule has 5 rings (SSSR count). The number of hydrogen-bond acceptors (Lipinski definition) is 3. The summed E-state index contributed by atoms with van der Waals surface area (Å²) in [7, 11) is 0. The van der Waals surface area contributed by atoms with Gasteiger partial charge in [0, 0.05) is 18.4 Å². The predicted octanol–water partition coefficient (Wildman–Crippen LogP) is 4.65. The van der Waals surface area contributed by atoms with Gasteiger partial charge < -0.3 is 0 Å². The Kier molecular flexibility index (Phi) is 4.92.